The van der Waals surface area contributed by atoms with Gasteiger partial charge < -0.3 is 29.5 Å². The van der Waals surface area contributed by atoms with Gasteiger partial charge in [0.25, 0.3) is 0 Å². The van der Waals surface area contributed by atoms with Crippen LogP contribution in [0.3, 0.4) is 0 Å². The number of halogens is 2. The molecule has 0 saturated carbocycles. The van der Waals surface area contributed by atoms with E-state index in [2.05, 4.69) is 39.7 Å². The third-order valence-electron chi connectivity index (χ3n) is 9.19. The highest BCUT2D eigenvalue weighted by atomic mass is 35.5. The zero-order valence-electron chi connectivity index (χ0n) is 24.8. The van der Waals surface area contributed by atoms with Gasteiger partial charge in [-0.3, -0.25) is 9.97 Å². The second kappa shape index (κ2) is 16.4. The molecule has 2 aromatic heterocycles. The predicted molar refractivity (Wildman–Crippen MR) is 159 cm³/mol. The Morgan fingerprint density at radius 3 is 1.57 bits per heavy atom. The molecule has 0 bridgehead atoms. The van der Waals surface area contributed by atoms with Crippen LogP contribution in [0.25, 0.3) is 0 Å². The molecule has 2 unspecified atom stereocenters. The lowest BCUT2D eigenvalue weighted by atomic mass is 9.68. The Hall–Kier alpha value is -2.92. The van der Waals surface area contributed by atoms with Gasteiger partial charge in [0.2, 0.25) is 0 Å². The van der Waals surface area contributed by atoms with Crippen LogP contribution in [0.15, 0.2) is 24.5 Å². The number of hydrogen-bond acceptors (Lipinski definition) is 12. The summed E-state index contributed by atoms with van der Waals surface area (Å²) in [6, 6.07) is 4.39. The number of rotatable bonds is 4. The number of morpholine rings is 2. The van der Waals surface area contributed by atoms with Gasteiger partial charge >= 0.3 is 12.3 Å². The number of fused-ring (bicyclic) bond motifs is 6. The molecule has 44 heavy (non-hydrogen) atoms. The Balaban J connectivity index is 0.000000204. The molecule has 12 nitrogen and oxygen atoms in total. The van der Waals surface area contributed by atoms with Crippen LogP contribution in [-0.4, -0.2) is 97.3 Å². The SMILES string of the molecule is CCC1(CC)Cc2ncc(Cl)cc2N2CCOCC21.O=C=O.O=C=O.OCC1(CO)Cc2ncc(Cl)cc2N2CCOCC21. The standard InChI is InChI=1S/C15H21ClN2O.C13H17ClN2O3.2CO2/c1-3-15(4-2)8-12-13(7-11(16)9-17-12)18-5-6-19-10-14(15)18;14-9-3-11-10(15-5-9)4-13(7-17,8-18)12-6-19-2-1-16(11)12;2*2-1-3/h7,9,14H,3-6,8,10H2,1-2H3;3,5,12,17-18H,1-2,4,6-8H2;;. The minimum atomic E-state index is -0.603. The van der Waals surface area contributed by atoms with Crippen molar-refractivity contribution in [1.29, 1.82) is 0 Å². The molecule has 240 valence electrons. The average Bonchev–Trinajstić information content (AvgIpc) is 3.05. The van der Waals surface area contributed by atoms with Crippen LogP contribution >= 0.6 is 23.2 Å². The van der Waals surface area contributed by atoms with Crippen LogP contribution < -0.4 is 9.80 Å². The topological polar surface area (TPSA) is 159 Å². The minimum absolute atomic E-state index is 0.0379. The molecule has 6 heterocycles. The van der Waals surface area contributed by atoms with E-state index >= 15 is 0 Å². The Kier molecular flexibility index (Phi) is 13.3. The molecule has 2 atom stereocenters. The largest absolute Gasteiger partial charge is 0.396 e. The fourth-order valence-electron chi connectivity index (χ4n) is 6.73. The molecule has 0 spiro atoms. The monoisotopic (exact) mass is 652 g/mol. The number of carbonyl (C=O) groups excluding carboxylic acids is 4. The molecule has 0 aromatic carbocycles. The van der Waals surface area contributed by atoms with Gasteiger partial charge in [-0.1, -0.05) is 37.0 Å². The van der Waals surface area contributed by atoms with E-state index in [9.17, 15) is 10.2 Å². The van der Waals surface area contributed by atoms with Gasteiger partial charge in [-0.05, 0) is 36.8 Å². The molecule has 14 heteroatoms. The van der Waals surface area contributed by atoms with Crippen LogP contribution in [0.5, 0.6) is 0 Å². The number of anilines is 2. The smallest absolute Gasteiger partial charge is 0.373 e. The first-order valence-electron chi connectivity index (χ1n) is 14.4. The number of hydrogen-bond donors (Lipinski definition) is 2. The van der Waals surface area contributed by atoms with Crippen molar-refractivity contribution in [2.45, 2.75) is 51.6 Å². The molecular formula is C30H38Cl2N4O8. The number of aromatic nitrogens is 2. The summed E-state index contributed by atoms with van der Waals surface area (Å²) in [7, 11) is 0. The van der Waals surface area contributed by atoms with Crippen molar-refractivity contribution >= 4 is 46.9 Å². The van der Waals surface area contributed by atoms with Gasteiger partial charge in [-0.15, -0.1) is 0 Å². The third kappa shape index (κ3) is 7.47. The quantitative estimate of drug-likeness (QED) is 0.498. The van der Waals surface area contributed by atoms with Crippen molar-refractivity contribution < 1.29 is 38.9 Å². The lowest BCUT2D eigenvalue weighted by molar-refractivity contribution is -0.193. The van der Waals surface area contributed by atoms with Gasteiger partial charge in [0.1, 0.15) is 0 Å². The van der Waals surface area contributed by atoms with Gasteiger partial charge in [-0.25, -0.2) is 0 Å². The average molecular weight is 654 g/mol. The van der Waals surface area contributed by atoms with Crippen LogP contribution in [0.4, 0.5) is 11.4 Å². The highest BCUT2D eigenvalue weighted by Crippen LogP contribution is 2.46. The lowest BCUT2D eigenvalue weighted by Gasteiger charge is -2.52. The first-order valence-corrected chi connectivity index (χ1v) is 15.2. The van der Waals surface area contributed by atoms with Crippen molar-refractivity contribution in [2.75, 3.05) is 62.5 Å². The second-order valence-corrected chi connectivity index (χ2v) is 11.9. The summed E-state index contributed by atoms with van der Waals surface area (Å²) in [5.74, 6) is 0. The van der Waals surface area contributed by atoms with Gasteiger partial charge in [-0.2, -0.15) is 19.2 Å². The summed E-state index contributed by atoms with van der Waals surface area (Å²) in [6.07, 6.45) is 7.79. The predicted octanol–water partition coefficient (Wildman–Crippen LogP) is 2.60. The minimum Gasteiger partial charge on any atom is -0.396 e. The maximum Gasteiger partial charge on any atom is 0.373 e. The Morgan fingerprint density at radius 2 is 1.18 bits per heavy atom. The highest BCUT2D eigenvalue weighted by molar-refractivity contribution is 6.31. The van der Waals surface area contributed by atoms with E-state index in [1.165, 1.54) is 11.4 Å². The van der Waals surface area contributed by atoms with E-state index in [1.54, 1.807) is 12.4 Å². The number of nitrogens with zero attached hydrogens (tertiary/aromatic N) is 4. The fourth-order valence-corrected chi connectivity index (χ4v) is 7.03. The Bertz CT molecular complexity index is 1210. The number of aliphatic hydroxyl groups is 2. The molecule has 6 rings (SSSR count). The van der Waals surface area contributed by atoms with E-state index < -0.39 is 5.41 Å². The summed E-state index contributed by atoms with van der Waals surface area (Å²) in [4.78, 5) is 46.1. The van der Waals surface area contributed by atoms with Crippen molar-refractivity contribution in [3.63, 3.8) is 0 Å². The molecule has 4 aliphatic heterocycles. The summed E-state index contributed by atoms with van der Waals surface area (Å²) in [5.41, 5.74) is 3.98. The van der Waals surface area contributed by atoms with E-state index in [-0.39, 0.29) is 37.0 Å². The molecule has 2 fully saturated rings. The number of ether oxygens (including phenoxy) is 2. The summed E-state index contributed by atoms with van der Waals surface area (Å²) >= 11 is 12.2. The van der Waals surface area contributed by atoms with Crippen LogP contribution in [-0.2, 0) is 41.5 Å². The van der Waals surface area contributed by atoms with E-state index in [0.29, 0.717) is 30.7 Å². The van der Waals surface area contributed by atoms with E-state index in [0.717, 1.165) is 62.0 Å². The summed E-state index contributed by atoms with van der Waals surface area (Å²) in [5, 5.41) is 20.9. The van der Waals surface area contributed by atoms with Crippen LogP contribution in [0.1, 0.15) is 38.1 Å². The van der Waals surface area contributed by atoms with Gasteiger partial charge in [0, 0.05) is 37.3 Å². The zero-order valence-corrected chi connectivity index (χ0v) is 26.3. The van der Waals surface area contributed by atoms with Gasteiger partial charge in [0.15, 0.2) is 0 Å². The number of pyridine rings is 2. The molecule has 0 radical (unpaired) electrons. The molecule has 0 amide bonds. The van der Waals surface area contributed by atoms with E-state index in [1.807, 2.05) is 6.07 Å². The Labute approximate surface area is 266 Å². The van der Waals surface area contributed by atoms with Gasteiger partial charge in [0.05, 0.1) is 84.5 Å². The maximum absolute atomic E-state index is 9.76. The normalized spacial score (nSPS) is 21.8. The molecule has 2 saturated heterocycles. The third-order valence-corrected chi connectivity index (χ3v) is 9.61. The number of aliphatic hydroxyl groups excluding tert-OH is 2. The zero-order chi connectivity index (χ0) is 32.3. The maximum atomic E-state index is 9.76. The lowest BCUT2D eigenvalue weighted by Crippen LogP contribution is -2.61. The summed E-state index contributed by atoms with van der Waals surface area (Å²) in [6.45, 7) is 8.84. The first-order chi connectivity index (χ1) is 21.2. The fraction of sp³-hybridized carbons (Fsp3) is 0.600. The van der Waals surface area contributed by atoms with E-state index in [4.69, 9.17) is 51.9 Å². The van der Waals surface area contributed by atoms with Crippen LogP contribution in [0, 0.1) is 10.8 Å². The van der Waals surface area contributed by atoms with Crippen molar-refractivity contribution in [3.8, 4) is 0 Å². The van der Waals surface area contributed by atoms with Crippen LogP contribution in [0.2, 0.25) is 10.0 Å². The van der Waals surface area contributed by atoms with Crippen molar-refractivity contribution in [3.05, 3.63) is 46.0 Å². The molecule has 2 aromatic rings. The second-order valence-electron chi connectivity index (χ2n) is 11.1. The van der Waals surface area contributed by atoms with Crippen molar-refractivity contribution in [2.24, 2.45) is 10.8 Å². The molecule has 2 N–H and O–H groups in total. The molecular weight excluding hydrogens is 615 g/mol. The molecule has 4 aliphatic rings. The Morgan fingerprint density at radius 1 is 0.795 bits per heavy atom. The summed E-state index contributed by atoms with van der Waals surface area (Å²) < 4.78 is 11.3. The van der Waals surface area contributed by atoms with Crippen molar-refractivity contribution in [1.82, 2.24) is 9.97 Å². The molecule has 0 aliphatic carbocycles. The highest BCUT2D eigenvalue weighted by Gasteiger charge is 2.48. The first kappa shape index (κ1) is 35.6.